The Bertz CT molecular complexity index is 418. The summed E-state index contributed by atoms with van der Waals surface area (Å²) in [7, 11) is 0. The summed E-state index contributed by atoms with van der Waals surface area (Å²) < 4.78 is 5.88. The van der Waals surface area contributed by atoms with Crippen LogP contribution in [0.25, 0.3) is 0 Å². The van der Waals surface area contributed by atoms with Crippen LogP contribution in [-0.4, -0.2) is 36.1 Å². The maximum atomic E-state index is 12.1. The molecule has 1 aliphatic rings. The summed E-state index contributed by atoms with van der Waals surface area (Å²) in [6.07, 6.45) is 3.72. The normalized spacial score (nSPS) is 22.8. The number of carbonyl (C=O) groups excluding carboxylic acids is 1. The lowest BCUT2D eigenvalue weighted by molar-refractivity contribution is -0.144. The number of hydrogen-bond acceptors (Lipinski definition) is 2. The Hall–Kier alpha value is -1.35. The second kappa shape index (κ2) is 7.44. The Kier molecular flexibility index (Phi) is 5.60. The molecule has 0 bridgehead atoms. The van der Waals surface area contributed by atoms with Gasteiger partial charge in [-0.25, -0.2) is 0 Å². The first-order valence-corrected chi connectivity index (χ1v) is 7.65. The van der Waals surface area contributed by atoms with Gasteiger partial charge < -0.3 is 9.64 Å². The molecule has 3 nitrogen and oxygen atoms in total. The van der Waals surface area contributed by atoms with E-state index in [-0.39, 0.29) is 18.1 Å². The molecule has 0 aliphatic carbocycles. The molecular weight excluding hydrogens is 250 g/mol. The number of morpholine rings is 1. The Labute approximate surface area is 121 Å². The molecule has 1 aromatic rings. The minimum absolute atomic E-state index is 0.173. The molecule has 0 aromatic heterocycles. The Morgan fingerprint density at radius 3 is 2.80 bits per heavy atom. The maximum Gasteiger partial charge on any atom is 0.222 e. The zero-order valence-corrected chi connectivity index (χ0v) is 12.5. The van der Waals surface area contributed by atoms with Crippen molar-refractivity contribution in [2.45, 2.75) is 51.7 Å². The van der Waals surface area contributed by atoms with E-state index in [2.05, 4.69) is 38.1 Å². The molecule has 1 aromatic carbocycles. The number of carbonyl (C=O) groups is 1. The van der Waals surface area contributed by atoms with Crippen molar-refractivity contribution >= 4 is 5.91 Å². The SMILES string of the molecule is CCCC(=O)N1CC(CCc2ccccc2)OCC1C. The van der Waals surface area contributed by atoms with Crippen molar-refractivity contribution in [3.05, 3.63) is 35.9 Å². The van der Waals surface area contributed by atoms with Crippen LogP contribution in [-0.2, 0) is 16.0 Å². The number of hydrogen-bond donors (Lipinski definition) is 0. The number of rotatable bonds is 5. The summed E-state index contributed by atoms with van der Waals surface area (Å²) in [5.74, 6) is 0.271. The molecule has 3 heteroatoms. The Morgan fingerprint density at radius 1 is 1.35 bits per heavy atom. The van der Waals surface area contributed by atoms with E-state index in [9.17, 15) is 4.79 Å². The van der Waals surface area contributed by atoms with Gasteiger partial charge in [0, 0.05) is 13.0 Å². The van der Waals surface area contributed by atoms with Gasteiger partial charge in [-0.15, -0.1) is 0 Å². The number of amides is 1. The average Bonchev–Trinajstić information content (AvgIpc) is 2.47. The minimum Gasteiger partial charge on any atom is -0.374 e. The van der Waals surface area contributed by atoms with Gasteiger partial charge in [-0.05, 0) is 31.7 Å². The molecular formula is C17H25NO2. The van der Waals surface area contributed by atoms with Crippen molar-refractivity contribution in [3.8, 4) is 0 Å². The molecule has 20 heavy (non-hydrogen) atoms. The maximum absolute atomic E-state index is 12.1. The van der Waals surface area contributed by atoms with Crippen LogP contribution in [0.3, 0.4) is 0 Å². The van der Waals surface area contributed by atoms with E-state index < -0.39 is 0 Å². The molecule has 1 aliphatic heterocycles. The Morgan fingerprint density at radius 2 is 2.10 bits per heavy atom. The molecule has 0 saturated carbocycles. The first kappa shape index (κ1) is 15.0. The van der Waals surface area contributed by atoms with Crippen molar-refractivity contribution < 1.29 is 9.53 Å². The third-order valence-electron chi connectivity index (χ3n) is 3.89. The van der Waals surface area contributed by atoms with Gasteiger partial charge in [0.2, 0.25) is 5.91 Å². The molecule has 2 atom stereocenters. The fourth-order valence-electron chi connectivity index (χ4n) is 2.67. The van der Waals surface area contributed by atoms with Crippen LogP contribution >= 0.6 is 0 Å². The Balaban J connectivity index is 1.85. The summed E-state index contributed by atoms with van der Waals surface area (Å²) in [4.78, 5) is 14.1. The first-order chi connectivity index (χ1) is 9.70. The van der Waals surface area contributed by atoms with Gasteiger partial charge >= 0.3 is 0 Å². The molecule has 0 N–H and O–H groups in total. The highest BCUT2D eigenvalue weighted by atomic mass is 16.5. The van der Waals surface area contributed by atoms with Crippen LogP contribution in [0, 0.1) is 0 Å². The van der Waals surface area contributed by atoms with E-state index in [0.717, 1.165) is 25.8 Å². The van der Waals surface area contributed by atoms with Gasteiger partial charge in [-0.3, -0.25) is 4.79 Å². The average molecular weight is 275 g/mol. The summed E-state index contributed by atoms with van der Waals surface area (Å²) >= 11 is 0. The van der Waals surface area contributed by atoms with Gasteiger partial charge in [-0.1, -0.05) is 37.3 Å². The summed E-state index contributed by atoms with van der Waals surface area (Å²) in [5, 5.41) is 0. The summed E-state index contributed by atoms with van der Waals surface area (Å²) in [6, 6.07) is 10.7. The van der Waals surface area contributed by atoms with E-state index in [1.165, 1.54) is 5.56 Å². The van der Waals surface area contributed by atoms with E-state index in [4.69, 9.17) is 4.74 Å². The van der Waals surface area contributed by atoms with Crippen LogP contribution < -0.4 is 0 Å². The van der Waals surface area contributed by atoms with Crippen LogP contribution in [0.1, 0.15) is 38.7 Å². The first-order valence-electron chi connectivity index (χ1n) is 7.65. The molecule has 1 fully saturated rings. The van der Waals surface area contributed by atoms with Crippen molar-refractivity contribution in [2.75, 3.05) is 13.2 Å². The molecule has 110 valence electrons. The van der Waals surface area contributed by atoms with Gasteiger partial charge in [0.1, 0.15) is 0 Å². The standard InChI is InChI=1S/C17H25NO2/c1-3-7-17(19)18-12-16(20-13-14(18)2)11-10-15-8-5-4-6-9-15/h4-6,8-9,14,16H,3,7,10-13H2,1-2H3. The second-order valence-electron chi connectivity index (χ2n) is 5.62. The highest BCUT2D eigenvalue weighted by Gasteiger charge is 2.28. The van der Waals surface area contributed by atoms with E-state index in [1.54, 1.807) is 0 Å². The van der Waals surface area contributed by atoms with Crippen molar-refractivity contribution in [3.63, 3.8) is 0 Å². The van der Waals surface area contributed by atoms with Crippen LogP contribution in [0.4, 0.5) is 0 Å². The predicted octanol–water partition coefficient (Wildman–Crippen LogP) is 3.04. The topological polar surface area (TPSA) is 29.5 Å². The number of aryl methyl sites for hydroxylation is 1. The van der Waals surface area contributed by atoms with Gasteiger partial charge in [-0.2, -0.15) is 0 Å². The quantitative estimate of drug-likeness (QED) is 0.826. The highest BCUT2D eigenvalue weighted by molar-refractivity contribution is 5.76. The largest absolute Gasteiger partial charge is 0.374 e. The lowest BCUT2D eigenvalue weighted by atomic mass is 10.0. The molecule has 2 unspecified atom stereocenters. The lowest BCUT2D eigenvalue weighted by Gasteiger charge is -2.38. The molecule has 2 rings (SSSR count). The molecule has 0 radical (unpaired) electrons. The zero-order chi connectivity index (χ0) is 14.4. The molecule has 1 heterocycles. The van der Waals surface area contributed by atoms with Gasteiger partial charge in [0.15, 0.2) is 0 Å². The molecule has 0 spiro atoms. The van der Waals surface area contributed by atoms with Crippen molar-refractivity contribution in [1.29, 1.82) is 0 Å². The molecule has 1 saturated heterocycles. The number of ether oxygens (including phenoxy) is 1. The van der Waals surface area contributed by atoms with Crippen molar-refractivity contribution in [1.82, 2.24) is 4.90 Å². The smallest absolute Gasteiger partial charge is 0.222 e. The highest BCUT2D eigenvalue weighted by Crippen LogP contribution is 2.17. The summed E-state index contributed by atoms with van der Waals surface area (Å²) in [5.41, 5.74) is 1.33. The summed E-state index contributed by atoms with van der Waals surface area (Å²) in [6.45, 7) is 5.53. The predicted molar refractivity (Wildman–Crippen MR) is 80.6 cm³/mol. The monoisotopic (exact) mass is 275 g/mol. The number of nitrogens with zero attached hydrogens (tertiary/aromatic N) is 1. The lowest BCUT2D eigenvalue weighted by Crippen LogP contribution is -2.51. The third kappa shape index (κ3) is 4.07. The van der Waals surface area contributed by atoms with Gasteiger partial charge in [0.25, 0.3) is 0 Å². The zero-order valence-electron chi connectivity index (χ0n) is 12.5. The van der Waals surface area contributed by atoms with Gasteiger partial charge in [0.05, 0.1) is 18.8 Å². The van der Waals surface area contributed by atoms with Crippen LogP contribution in [0.5, 0.6) is 0 Å². The third-order valence-corrected chi connectivity index (χ3v) is 3.89. The van der Waals surface area contributed by atoms with Crippen molar-refractivity contribution in [2.24, 2.45) is 0 Å². The van der Waals surface area contributed by atoms with E-state index >= 15 is 0 Å². The second-order valence-corrected chi connectivity index (χ2v) is 5.62. The fourth-order valence-corrected chi connectivity index (χ4v) is 2.67. The fraction of sp³-hybridized carbons (Fsp3) is 0.588. The van der Waals surface area contributed by atoms with E-state index in [0.29, 0.717) is 13.0 Å². The number of benzene rings is 1. The van der Waals surface area contributed by atoms with Crippen LogP contribution in [0.2, 0.25) is 0 Å². The van der Waals surface area contributed by atoms with Crippen LogP contribution in [0.15, 0.2) is 30.3 Å². The molecule has 1 amide bonds. The minimum atomic E-state index is 0.173. The van der Waals surface area contributed by atoms with E-state index in [1.807, 2.05) is 11.0 Å².